The van der Waals surface area contributed by atoms with Crippen molar-refractivity contribution in [2.75, 3.05) is 0 Å². The van der Waals surface area contributed by atoms with Gasteiger partial charge in [0.05, 0.1) is 15.0 Å². The quantitative estimate of drug-likeness (QED) is 0.887. The molecule has 3 nitrogen and oxygen atoms in total. The highest BCUT2D eigenvalue weighted by atomic mass is 79.9. The SMILES string of the molecule is CC(C)(O)Cc1sc(Br)cc1C(N)=O. The summed E-state index contributed by atoms with van der Waals surface area (Å²) in [7, 11) is 0. The molecule has 1 amide bonds. The molecular formula is C9H12BrNO2S. The van der Waals surface area contributed by atoms with Crippen molar-refractivity contribution >= 4 is 33.2 Å². The highest BCUT2D eigenvalue weighted by Crippen LogP contribution is 2.29. The Labute approximate surface area is 95.1 Å². The van der Waals surface area contributed by atoms with E-state index >= 15 is 0 Å². The lowest BCUT2D eigenvalue weighted by Crippen LogP contribution is -2.23. The molecule has 0 aliphatic rings. The van der Waals surface area contributed by atoms with Crippen molar-refractivity contribution in [2.45, 2.75) is 25.9 Å². The second kappa shape index (κ2) is 4.00. The van der Waals surface area contributed by atoms with Crippen molar-refractivity contribution in [3.63, 3.8) is 0 Å². The Bertz CT molecular complexity index is 354. The van der Waals surface area contributed by atoms with Crippen LogP contribution in [-0.2, 0) is 6.42 Å². The van der Waals surface area contributed by atoms with Crippen LogP contribution in [-0.4, -0.2) is 16.6 Å². The number of hydrogen-bond donors (Lipinski definition) is 2. The number of thiophene rings is 1. The third-order valence-electron chi connectivity index (χ3n) is 1.64. The molecule has 1 heterocycles. The minimum absolute atomic E-state index is 0.432. The van der Waals surface area contributed by atoms with E-state index in [4.69, 9.17) is 5.73 Å². The van der Waals surface area contributed by atoms with Crippen molar-refractivity contribution in [1.29, 1.82) is 0 Å². The summed E-state index contributed by atoms with van der Waals surface area (Å²) in [5.74, 6) is -0.453. The molecule has 0 aromatic carbocycles. The zero-order valence-corrected chi connectivity index (χ0v) is 10.4. The zero-order chi connectivity index (χ0) is 10.9. The van der Waals surface area contributed by atoms with Crippen LogP contribution in [0.4, 0.5) is 0 Å². The molecule has 0 radical (unpaired) electrons. The van der Waals surface area contributed by atoms with Crippen LogP contribution in [0.5, 0.6) is 0 Å². The summed E-state index contributed by atoms with van der Waals surface area (Å²) in [4.78, 5) is 11.9. The first-order valence-corrected chi connectivity index (χ1v) is 5.71. The molecule has 5 heteroatoms. The molecule has 14 heavy (non-hydrogen) atoms. The Morgan fingerprint density at radius 3 is 2.71 bits per heavy atom. The molecule has 0 saturated carbocycles. The van der Waals surface area contributed by atoms with Crippen molar-refractivity contribution in [3.05, 3.63) is 20.3 Å². The molecule has 0 aliphatic heterocycles. The predicted octanol–water partition coefficient (Wildman–Crippen LogP) is 1.92. The van der Waals surface area contributed by atoms with Crippen molar-refractivity contribution in [3.8, 4) is 0 Å². The van der Waals surface area contributed by atoms with Crippen LogP contribution in [0.25, 0.3) is 0 Å². The lowest BCUT2D eigenvalue weighted by atomic mass is 10.0. The minimum atomic E-state index is -0.825. The van der Waals surface area contributed by atoms with Crippen LogP contribution in [0.3, 0.4) is 0 Å². The summed E-state index contributed by atoms with van der Waals surface area (Å²) in [5.41, 5.74) is 4.88. The number of hydrogen-bond acceptors (Lipinski definition) is 3. The van der Waals surface area contributed by atoms with Crippen molar-refractivity contribution in [1.82, 2.24) is 0 Å². The highest BCUT2D eigenvalue weighted by Gasteiger charge is 2.20. The summed E-state index contributed by atoms with van der Waals surface area (Å²) in [5, 5.41) is 9.63. The number of aliphatic hydroxyl groups is 1. The second-order valence-corrected chi connectivity index (χ2v) is 6.26. The average molecular weight is 278 g/mol. The van der Waals surface area contributed by atoms with Crippen LogP contribution in [0.2, 0.25) is 0 Å². The number of carbonyl (C=O) groups excluding carboxylic acids is 1. The zero-order valence-electron chi connectivity index (χ0n) is 8.00. The smallest absolute Gasteiger partial charge is 0.249 e. The Kier molecular flexibility index (Phi) is 3.34. The lowest BCUT2D eigenvalue weighted by molar-refractivity contribution is 0.0814. The molecule has 0 saturated heterocycles. The van der Waals surface area contributed by atoms with Gasteiger partial charge in [-0.3, -0.25) is 4.79 Å². The molecular weight excluding hydrogens is 266 g/mol. The number of amides is 1. The maximum Gasteiger partial charge on any atom is 0.249 e. The summed E-state index contributed by atoms with van der Waals surface area (Å²) >= 11 is 4.71. The molecule has 0 fully saturated rings. The molecule has 0 spiro atoms. The molecule has 0 aliphatic carbocycles. The van der Waals surface area contributed by atoms with E-state index in [1.54, 1.807) is 19.9 Å². The van der Waals surface area contributed by atoms with Gasteiger partial charge in [-0.2, -0.15) is 0 Å². The van der Waals surface area contributed by atoms with Gasteiger partial charge < -0.3 is 10.8 Å². The normalized spacial score (nSPS) is 11.7. The van der Waals surface area contributed by atoms with Gasteiger partial charge in [0.15, 0.2) is 0 Å². The van der Waals surface area contributed by atoms with Gasteiger partial charge in [-0.15, -0.1) is 11.3 Å². The maximum atomic E-state index is 11.0. The summed E-state index contributed by atoms with van der Waals surface area (Å²) < 4.78 is 0.852. The van der Waals surface area contributed by atoms with Gasteiger partial charge in [-0.1, -0.05) is 0 Å². The monoisotopic (exact) mass is 277 g/mol. The fourth-order valence-corrected chi connectivity index (χ4v) is 3.05. The first-order chi connectivity index (χ1) is 6.29. The first-order valence-electron chi connectivity index (χ1n) is 4.10. The summed E-state index contributed by atoms with van der Waals surface area (Å²) in [6.45, 7) is 3.40. The molecule has 0 bridgehead atoms. The van der Waals surface area contributed by atoms with E-state index in [2.05, 4.69) is 15.9 Å². The third kappa shape index (κ3) is 3.08. The third-order valence-corrected chi connectivity index (χ3v) is 3.28. The molecule has 1 aromatic rings. The molecule has 0 unspecified atom stereocenters. The number of primary amides is 1. The molecule has 78 valence electrons. The second-order valence-electron chi connectivity index (χ2n) is 3.74. The van der Waals surface area contributed by atoms with Gasteiger partial charge in [0.25, 0.3) is 0 Å². The standard InChI is InChI=1S/C9H12BrNO2S/c1-9(2,13)4-6-5(8(11)12)3-7(10)14-6/h3,13H,4H2,1-2H3,(H2,11,12). The fraction of sp³-hybridized carbons (Fsp3) is 0.444. The van der Waals surface area contributed by atoms with Gasteiger partial charge in [-0.05, 0) is 35.8 Å². The Morgan fingerprint density at radius 2 is 2.29 bits per heavy atom. The van der Waals surface area contributed by atoms with E-state index in [0.717, 1.165) is 8.66 Å². The average Bonchev–Trinajstić information content (AvgIpc) is 2.27. The topological polar surface area (TPSA) is 63.3 Å². The predicted molar refractivity (Wildman–Crippen MR) is 60.5 cm³/mol. The molecule has 3 N–H and O–H groups in total. The lowest BCUT2D eigenvalue weighted by Gasteiger charge is -2.16. The Morgan fingerprint density at radius 1 is 1.71 bits per heavy atom. The van der Waals surface area contributed by atoms with Crippen molar-refractivity contribution < 1.29 is 9.90 Å². The Balaban J connectivity index is 3.02. The first kappa shape index (κ1) is 11.7. The molecule has 1 aromatic heterocycles. The van der Waals surface area contributed by atoms with Crippen molar-refractivity contribution in [2.24, 2.45) is 5.73 Å². The van der Waals surface area contributed by atoms with Gasteiger partial charge in [0.1, 0.15) is 0 Å². The van der Waals surface area contributed by atoms with E-state index in [9.17, 15) is 9.90 Å². The van der Waals surface area contributed by atoms with Gasteiger partial charge >= 0.3 is 0 Å². The van der Waals surface area contributed by atoms with Crippen LogP contribution in [0, 0.1) is 0 Å². The fourth-order valence-electron chi connectivity index (χ4n) is 1.13. The molecule has 1 rings (SSSR count). The minimum Gasteiger partial charge on any atom is -0.390 e. The van der Waals surface area contributed by atoms with Gasteiger partial charge in [0, 0.05) is 11.3 Å². The van der Waals surface area contributed by atoms with E-state index in [-0.39, 0.29) is 0 Å². The van der Waals surface area contributed by atoms with Crippen LogP contribution >= 0.6 is 27.3 Å². The summed E-state index contributed by atoms with van der Waals surface area (Å²) in [6, 6.07) is 1.69. The largest absolute Gasteiger partial charge is 0.390 e. The maximum absolute atomic E-state index is 11.0. The summed E-state index contributed by atoms with van der Waals surface area (Å²) in [6.07, 6.45) is 0.432. The van der Waals surface area contributed by atoms with E-state index in [1.165, 1.54) is 11.3 Å². The van der Waals surface area contributed by atoms with Crippen LogP contribution in [0.15, 0.2) is 9.85 Å². The molecule has 0 atom stereocenters. The van der Waals surface area contributed by atoms with Crippen LogP contribution < -0.4 is 5.73 Å². The van der Waals surface area contributed by atoms with Crippen LogP contribution in [0.1, 0.15) is 29.1 Å². The van der Waals surface area contributed by atoms with E-state index < -0.39 is 11.5 Å². The van der Waals surface area contributed by atoms with E-state index in [1.807, 2.05) is 0 Å². The number of rotatable bonds is 3. The van der Waals surface area contributed by atoms with Gasteiger partial charge in [0.2, 0.25) is 5.91 Å². The number of halogens is 1. The Hall–Kier alpha value is -0.390. The number of carbonyl (C=O) groups is 1. The van der Waals surface area contributed by atoms with Gasteiger partial charge in [-0.25, -0.2) is 0 Å². The highest BCUT2D eigenvalue weighted by molar-refractivity contribution is 9.11. The number of nitrogens with two attached hydrogens (primary N) is 1. The van der Waals surface area contributed by atoms with E-state index in [0.29, 0.717) is 12.0 Å².